The van der Waals surface area contributed by atoms with Gasteiger partial charge in [0, 0.05) is 39.7 Å². The van der Waals surface area contributed by atoms with Crippen molar-refractivity contribution in [1.82, 2.24) is 9.88 Å². The maximum atomic E-state index is 6.01. The van der Waals surface area contributed by atoms with E-state index in [0.717, 1.165) is 29.9 Å². The largest absolute Gasteiger partial charge is 0.356 e. The van der Waals surface area contributed by atoms with Gasteiger partial charge in [-0.05, 0) is 57.3 Å². The predicted octanol–water partition coefficient (Wildman–Crippen LogP) is 5.50. The zero-order chi connectivity index (χ0) is 19.4. The fourth-order valence-electron chi connectivity index (χ4n) is 3.17. The standard InChI is InChI=1S/C23H24ClN3/c1-5-17(24)14-18(6-2)25-19-13-16(11-12-27(3)4)23-21(15-19)20-9-7-8-10-22(20)26-23/h1,6-10,13-15,25-26H,11-12H2,2-4H3/b17-14+,18-6+. The molecule has 4 heteroatoms. The number of nitrogens with zero attached hydrogens (tertiary/aromatic N) is 1. The van der Waals surface area contributed by atoms with E-state index >= 15 is 0 Å². The lowest BCUT2D eigenvalue weighted by atomic mass is 10.0. The second kappa shape index (κ2) is 8.35. The van der Waals surface area contributed by atoms with Crippen LogP contribution < -0.4 is 5.32 Å². The number of halogens is 1. The number of hydrogen-bond acceptors (Lipinski definition) is 2. The van der Waals surface area contributed by atoms with E-state index in [4.69, 9.17) is 18.0 Å². The lowest BCUT2D eigenvalue weighted by molar-refractivity contribution is 0.414. The van der Waals surface area contributed by atoms with Crippen molar-refractivity contribution >= 4 is 39.1 Å². The SMILES string of the molecule is C#C/C(Cl)=C\C(=C/C)Nc1cc(CCN(C)C)c2[nH]c3ccccc3c2c1. The Balaban J connectivity index is 2.10. The second-order valence-corrected chi connectivity index (χ2v) is 7.19. The summed E-state index contributed by atoms with van der Waals surface area (Å²) in [5, 5.41) is 6.26. The van der Waals surface area contributed by atoms with Crippen molar-refractivity contribution in [2.24, 2.45) is 0 Å². The number of fused-ring (bicyclic) bond motifs is 3. The molecule has 3 rings (SSSR count). The van der Waals surface area contributed by atoms with Crippen molar-refractivity contribution in [1.29, 1.82) is 0 Å². The summed E-state index contributed by atoms with van der Waals surface area (Å²) in [6.07, 6.45) is 10.0. The Hall–Kier alpha value is -2.67. The van der Waals surface area contributed by atoms with Gasteiger partial charge in [0.1, 0.15) is 0 Å². The van der Waals surface area contributed by atoms with Crippen LogP contribution in [0.4, 0.5) is 5.69 Å². The van der Waals surface area contributed by atoms with Crippen molar-refractivity contribution < 1.29 is 0 Å². The average molecular weight is 378 g/mol. The van der Waals surface area contributed by atoms with E-state index in [1.54, 1.807) is 6.08 Å². The lowest BCUT2D eigenvalue weighted by Gasteiger charge is -2.13. The Labute approximate surface area is 165 Å². The molecule has 0 saturated heterocycles. The number of allylic oxidation sites excluding steroid dienone is 3. The van der Waals surface area contributed by atoms with Crippen LogP contribution in [0.15, 0.2) is 59.3 Å². The molecule has 0 fully saturated rings. The third-order valence-electron chi connectivity index (χ3n) is 4.55. The smallest absolute Gasteiger partial charge is 0.0921 e. The first-order valence-corrected chi connectivity index (χ1v) is 9.35. The molecule has 3 aromatic rings. The molecule has 0 aliphatic carbocycles. The number of likely N-dealkylation sites (N-methyl/N-ethyl adjacent to an activating group) is 1. The monoisotopic (exact) mass is 377 g/mol. The minimum absolute atomic E-state index is 0.372. The number of para-hydroxylation sites is 1. The summed E-state index contributed by atoms with van der Waals surface area (Å²) in [6, 6.07) is 12.8. The highest BCUT2D eigenvalue weighted by molar-refractivity contribution is 6.32. The summed E-state index contributed by atoms with van der Waals surface area (Å²) in [6.45, 7) is 2.93. The van der Waals surface area contributed by atoms with Crippen LogP contribution in [0.5, 0.6) is 0 Å². The zero-order valence-corrected chi connectivity index (χ0v) is 16.7. The van der Waals surface area contributed by atoms with Crippen molar-refractivity contribution in [2.75, 3.05) is 26.0 Å². The first-order valence-electron chi connectivity index (χ1n) is 8.97. The number of terminal acetylenes is 1. The molecule has 0 unspecified atom stereocenters. The number of anilines is 1. The Bertz CT molecular complexity index is 1060. The number of rotatable bonds is 6. The molecule has 2 aromatic carbocycles. The molecular formula is C23H24ClN3. The summed E-state index contributed by atoms with van der Waals surface area (Å²) in [7, 11) is 4.18. The Kier molecular flexibility index (Phi) is 5.91. The van der Waals surface area contributed by atoms with Crippen LogP contribution in [0.25, 0.3) is 21.8 Å². The zero-order valence-electron chi connectivity index (χ0n) is 15.9. The molecule has 27 heavy (non-hydrogen) atoms. The van der Waals surface area contributed by atoms with Crippen LogP contribution in [0.1, 0.15) is 12.5 Å². The first-order chi connectivity index (χ1) is 13.0. The highest BCUT2D eigenvalue weighted by Gasteiger charge is 2.11. The van der Waals surface area contributed by atoms with E-state index in [9.17, 15) is 0 Å². The third kappa shape index (κ3) is 4.36. The Morgan fingerprint density at radius 2 is 2.04 bits per heavy atom. The fraction of sp³-hybridized carbons (Fsp3) is 0.217. The molecule has 0 atom stereocenters. The Morgan fingerprint density at radius 1 is 1.26 bits per heavy atom. The number of hydrogen-bond donors (Lipinski definition) is 2. The molecule has 1 aromatic heterocycles. The van der Waals surface area contributed by atoms with Gasteiger partial charge in [0.25, 0.3) is 0 Å². The van der Waals surface area contributed by atoms with E-state index in [-0.39, 0.29) is 0 Å². The fourth-order valence-corrected chi connectivity index (χ4v) is 3.29. The van der Waals surface area contributed by atoms with Gasteiger partial charge < -0.3 is 15.2 Å². The topological polar surface area (TPSA) is 31.1 Å². The van der Waals surface area contributed by atoms with Gasteiger partial charge in [-0.2, -0.15) is 0 Å². The summed E-state index contributed by atoms with van der Waals surface area (Å²) in [5.41, 5.74) is 5.52. The molecule has 0 radical (unpaired) electrons. The van der Waals surface area contributed by atoms with Gasteiger partial charge in [-0.25, -0.2) is 0 Å². The summed E-state index contributed by atoms with van der Waals surface area (Å²) in [5.74, 6) is 2.44. The van der Waals surface area contributed by atoms with E-state index < -0.39 is 0 Å². The van der Waals surface area contributed by atoms with Crippen LogP contribution in [0.2, 0.25) is 0 Å². The number of aromatic nitrogens is 1. The maximum Gasteiger partial charge on any atom is 0.0921 e. The van der Waals surface area contributed by atoms with Gasteiger partial charge in [0.15, 0.2) is 0 Å². The van der Waals surface area contributed by atoms with Gasteiger partial charge in [-0.3, -0.25) is 0 Å². The van der Waals surface area contributed by atoms with Crippen LogP contribution in [0.3, 0.4) is 0 Å². The molecule has 2 N–H and O–H groups in total. The van der Waals surface area contributed by atoms with Crippen molar-refractivity contribution in [2.45, 2.75) is 13.3 Å². The summed E-state index contributed by atoms with van der Waals surface area (Å²) in [4.78, 5) is 5.78. The number of benzene rings is 2. The van der Waals surface area contributed by atoms with Crippen LogP contribution in [-0.4, -0.2) is 30.5 Å². The molecule has 0 spiro atoms. The minimum Gasteiger partial charge on any atom is -0.356 e. The number of H-pyrrole nitrogens is 1. The lowest BCUT2D eigenvalue weighted by Crippen LogP contribution is -2.15. The maximum absolute atomic E-state index is 6.01. The Morgan fingerprint density at radius 3 is 2.74 bits per heavy atom. The highest BCUT2D eigenvalue weighted by Crippen LogP contribution is 2.31. The molecule has 1 heterocycles. The number of nitrogens with one attached hydrogen (secondary N) is 2. The third-order valence-corrected chi connectivity index (χ3v) is 4.76. The van der Waals surface area contributed by atoms with Crippen molar-refractivity contribution in [3.05, 3.63) is 64.8 Å². The predicted molar refractivity (Wildman–Crippen MR) is 118 cm³/mol. The molecule has 0 aliphatic heterocycles. The quantitative estimate of drug-likeness (QED) is 0.439. The molecule has 0 aliphatic rings. The van der Waals surface area contributed by atoms with Gasteiger partial charge in [0.05, 0.1) is 5.03 Å². The van der Waals surface area contributed by atoms with Crippen LogP contribution in [-0.2, 0) is 6.42 Å². The van der Waals surface area contributed by atoms with Gasteiger partial charge in [-0.1, -0.05) is 41.8 Å². The van der Waals surface area contributed by atoms with E-state index in [2.05, 4.69) is 71.6 Å². The van der Waals surface area contributed by atoms with Crippen molar-refractivity contribution in [3.63, 3.8) is 0 Å². The molecular weight excluding hydrogens is 354 g/mol. The number of aromatic amines is 1. The van der Waals surface area contributed by atoms with Crippen LogP contribution >= 0.6 is 11.6 Å². The molecule has 0 bridgehead atoms. The van der Waals surface area contributed by atoms with Gasteiger partial charge >= 0.3 is 0 Å². The van der Waals surface area contributed by atoms with Crippen molar-refractivity contribution in [3.8, 4) is 12.3 Å². The van der Waals surface area contributed by atoms with E-state index in [1.165, 1.54) is 21.9 Å². The van der Waals surface area contributed by atoms with E-state index in [1.807, 2.05) is 13.0 Å². The minimum atomic E-state index is 0.372. The molecule has 138 valence electrons. The van der Waals surface area contributed by atoms with E-state index in [0.29, 0.717) is 5.03 Å². The summed E-state index contributed by atoms with van der Waals surface area (Å²) < 4.78 is 0. The van der Waals surface area contributed by atoms with Crippen LogP contribution in [0, 0.1) is 12.3 Å². The average Bonchev–Trinajstić information content (AvgIpc) is 3.04. The molecule has 0 saturated carbocycles. The molecule has 0 amide bonds. The molecule has 3 nitrogen and oxygen atoms in total. The second-order valence-electron chi connectivity index (χ2n) is 6.79. The normalized spacial score (nSPS) is 12.7. The summed E-state index contributed by atoms with van der Waals surface area (Å²) >= 11 is 6.01. The first kappa shape index (κ1) is 19.1. The van der Waals surface area contributed by atoms with Gasteiger partial charge in [0.2, 0.25) is 0 Å². The van der Waals surface area contributed by atoms with Gasteiger partial charge in [-0.15, -0.1) is 6.42 Å². The highest BCUT2D eigenvalue weighted by atomic mass is 35.5.